The molecule has 0 unspecified atom stereocenters. The molecule has 0 aliphatic carbocycles. The number of hydrogen-bond acceptors (Lipinski definition) is 6. The predicted molar refractivity (Wildman–Crippen MR) is 108 cm³/mol. The second-order valence-electron chi connectivity index (χ2n) is 8.68. The third-order valence-electron chi connectivity index (χ3n) is 6.55. The molecule has 2 bridgehead atoms. The van der Waals surface area contributed by atoms with Gasteiger partial charge in [-0.15, -0.1) is 0 Å². The Morgan fingerprint density at radius 1 is 1.21 bits per heavy atom. The summed E-state index contributed by atoms with van der Waals surface area (Å²) in [6.45, 7) is 3.50. The number of piperidine rings is 2. The molecule has 1 aromatic rings. The molecule has 29 heavy (non-hydrogen) atoms. The topological polar surface area (TPSA) is 88.9 Å². The van der Waals surface area contributed by atoms with Gasteiger partial charge in [-0.05, 0) is 37.8 Å². The maximum atomic E-state index is 13.2. The molecule has 160 valence electrons. The summed E-state index contributed by atoms with van der Waals surface area (Å²) in [6, 6.07) is 3.88. The van der Waals surface area contributed by atoms with E-state index in [0.29, 0.717) is 32.7 Å². The van der Waals surface area contributed by atoms with Crippen LogP contribution in [0.2, 0.25) is 0 Å². The van der Waals surface area contributed by atoms with Crippen LogP contribution in [0.5, 0.6) is 0 Å². The van der Waals surface area contributed by atoms with Gasteiger partial charge in [-0.1, -0.05) is 6.07 Å². The number of hydrogen-bond donors (Lipinski definition) is 0. The smallest absolute Gasteiger partial charge is 0.309 e. The van der Waals surface area contributed by atoms with Crippen LogP contribution >= 0.6 is 0 Å². The van der Waals surface area contributed by atoms with E-state index in [9.17, 15) is 18.0 Å². The lowest BCUT2D eigenvalue weighted by Crippen LogP contribution is -2.49. The molecule has 3 aliphatic rings. The van der Waals surface area contributed by atoms with Crippen molar-refractivity contribution >= 4 is 16.0 Å². The molecule has 0 spiro atoms. The van der Waals surface area contributed by atoms with Crippen molar-refractivity contribution in [1.82, 2.24) is 13.8 Å². The molecule has 2 saturated heterocycles. The number of carbonyl (C=O) groups excluding carboxylic acids is 1. The Kier molecular flexibility index (Phi) is 5.56. The largest absolute Gasteiger partial charge is 0.469 e. The number of methoxy groups -OCH3 is 1. The van der Waals surface area contributed by atoms with E-state index in [0.717, 1.165) is 37.1 Å². The molecule has 0 N–H and O–H groups in total. The maximum absolute atomic E-state index is 13.2. The Hall–Kier alpha value is -1.71. The molecule has 4 rings (SSSR count). The maximum Gasteiger partial charge on any atom is 0.309 e. The summed E-state index contributed by atoms with van der Waals surface area (Å²) < 4.78 is 32.3. The van der Waals surface area contributed by atoms with Crippen LogP contribution in [0.25, 0.3) is 0 Å². The van der Waals surface area contributed by atoms with Crippen LogP contribution in [-0.4, -0.2) is 67.7 Å². The van der Waals surface area contributed by atoms with Gasteiger partial charge >= 0.3 is 5.97 Å². The number of esters is 1. The molecule has 1 aromatic heterocycles. The number of ether oxygens (including phenoxy) is 1. The molecular formula is C20H29N3O5S. The summed E-state index contributed by atoms with van der Waals surface area (Å²) in [5, 5.41) is 0. The molecule has 0 radical (unpaired) electrons. The number of carbonyl (C=O) groups is 1. The number of sulfonamides is 1. The second-order valence-corrected chi connectivity index (χ2v) is 10.7. The van der Waals surface area contributed by atoms with Gasteiger partial charge in [-0.25, -0.2) is 12.7 Å². The van der Waals surface area contributed by atoms with Crippen molar-refractivity contribution in [2.75, 3.05) is 39.5 Å². The Bertz CT molecular complexity index is 957. The highest BCUT2D eigenvalue weighted by molar-refractivity contribution is 7.88. The Morgan fingerprint density at radius 3 is 2.72 bits per heavy atom. The monoisotopic (exact) mass is 423 g/mol. The molecule has 0 saturated carbocycles. The minimum Gasteiger partial charge on any atom is -0.469 e. The highest BCUT2D eigenvalue weighted by atomic mass is 32.2. The van der Waals surface area contributed by atoms with Gasteiger partial charge in [0.05, 0.1) is 19.3 Å². The predicted octanol–water partition coefficient (Wildman–Crippen LogP) is 0.612. The zero-order chi connectivity index (χ0) is 20.8. The standard InChI is InChI=1S/C20H29N3O5S/c1-28-20(25)16-4-3-7-21(12-16)11-15-5-6-18-17-8-14(10-23(18)19(15)24)9-22(13-17)29(2,26)27/h5-6,14,16-17H,3-4,7-13H2,1-2H3/t14-,16+,17+/m0/s1. The minimum atomic E-state index is -3.22. The van der Waals surface area contributed by atoms with Gasteiger partial charge in [0.15, 0.2) is 0 Å². The van der Waals surface area contributed by atoms with E-state index in [1.807, 2.05) is 16.7 Å². The molecule has 4 heterocycles. The molecular weight excluding hydrogens is 394 g/mol. The first-order chi connectivity index (χ1) is 13.8. The molecule has 9 heteroatoms. The first-order valence-electron chi connectivity index (χ1n) is 10.2. The van der Waals surface area contributed by atoms with Crippen LogP contribution in [0, 0.1) is 11.8 Å². The number of pyridine rings is 1. The molecule has 0 amide bonds. The number of aromatic nitrogens is 1. The minimum absolute atomic E-state index is 0.0187. The van der Waals surface area contributed by atoms with E-state index in [2.05, 4.69) is 4.90 Å². The van der Waals surface area contributed by atoms with Crippen molar-refractivity contribution in [1.29, 1.82) is 0 Å². The molecule has 3 atom stereocenters. The Morgan fingerprint density at radius 2 is 2.00 bits per heavy atom. The highest BCUT2D eigenvalue weighted by Crippen LogP contribution is 2.36. The van der Waals surface area contributed by atoms with Crippen molar-refractivity contribution in [2.45, 2.75) is 38.3 Å². The van der Waals surface area contributed by atoms with Crippen LogP contribution < -0.4 is 5.56 Å². The van der Waals surface area contributed by atoms with E-state index < -0.39 is 10.0 Å². The van der Waals surface area contributed by atoms with Crippen LogP contribution in [0.4, 0.5) is 0 Å². The summed E-state index contributed by atoms with van der Waals surface area (Å²) in [5.41, 5.74) is 1.69. The van der Waals surface area contributed by atoms with Crippen molar-refractivity contribution in [3.63, 3.8) is 0 Å². The van der Waals surface area contributed by atoms with E-state index >= 15 is 0 Å². The summed E-state index contributed by atoms with van der Waals surface area (Å²) in [4.78, 5) is 27.2. The van der Waals surface area contributed by atoms with Crippen LogP contribution in [0.1, 0.15) is 36.4 Å². The lowest BCUT2D eigenvalue weighted by Gasteiger charge is -2.42. The quantitative estimate of drug-likeness (QED) is 0.660. The number of nitrogens with zero attached hydrogens (tertiary/aromatic N) is 3. The van der Waals surface area contributed by atoms with E-state index in [1.54, 1.807) is 4.31 Å². The van der Waals surface area contributed by atoms with E-state index in [1.165, 1.54) is 13.4 Å². The van der Waals surface area contributed by atoms with Crippen molar-refractivity contribution in [3.8, 4) is 0 Å². The number of fused-ring (bicyclic) bond motifs is 4. The van der Waals surface area contributed by atoms with Gasteiger partial charge in [0.1, 0.15) is 0 Å². The fourth-order valence-corrected chi connectivity index (χ4v) is 6.07. The second kappa shape index (κ2) is 7.85. The van der Waals surface area contributed by atoms with Gasteiger partial charge in [0.25, 0.3) is 5.56 Å². The lowest BCUT2D eigenvalue weighted by molar-refractivity contribution is -0.147. The summed E-state index contributed by atoms with van der Waals surface area (Å²) >= 11 is 0. The summed E-state index contributed by atoms with van der Waals surface area (Å²) in [7, 11) is -1.81. The fraction of sp³-hybridized carbons (Fsp3) is 0.700. The molecule has 2 fully saturated rings. The SMILES string of the molecule is COC(=O)[C@@H]1CCCN(Cc2ccc3n(c2=O)C[C@H]2C[C@@H]3CN(S(C)(=O)=O)C2)C1. The van der Waals surface area contributed by atoms with Crippen molar-refractivity contribution < 1.29 is 17.9 Å². The van der Waals surface area contributed by atoms with Crippen LogP contribution in [-0.2, 0) is 32.6 Å². The Balaban J connectivity index is 1.54. The van der Waals surface area contributed by atoms with Crippen LogP contribution in [0.3, 0.4) is 0 Å². The van der Waals surface area contributed by atoms with E-state index in [4.69, 9.17) is 4.74 Å². The first kappa shape index (κ1) is 20.6. The third kappa shape index (κ3) is 4.13. The molecule has 8 nitrogen and oxygen atoms in total. The van der Waals surface area contributed by atoms with Gasteiger partial charge < -0.3 is 9.30 Å². The van der Waals surface area contributed by atoms with Crippen molar-refractivity contribution in [3.05, 3.63) is 33.7 Å². The fourth-order valence-electron chi connectivity index (χ4n) is 5.14. The van der Waals surface area contributed by atoms with Gasteiger partial charge in [-0.2, -0.15) is 0 Å². The van der Waals surface area contributed by atoms with Gasteiger partial charge in [-0.3, -0.25) is 14.5 Å². The normalized spacial score (nSPS) is 28.0. The molecule has 3 aliphatic heterocycles. The Labute approximate surface area is 171 Å². The summed E-state index contributed by atoms with van der Waals surface area (Å²) in [5.74, 6) is -0.0733. The van der Waals surface area contributed by atoms with Crippen molar-refractivity contribution in [2.24, 2.45) is 11.8 Å². The van der Waals surface area contributed by atoms with E-state index in [-0.39, 0.29) is 29.3 Å². The zero-order valence-corrected chi connectivity index (χ0v) is 17.9. The lowest BCUT2D eigenvalue weighted by atomic mass is 9.84. The first-order valence-corrected chi connectivity index (χ1v) is 12.1. The average molecular weight is 424 g/mol. The third-order valence-corrected chi connectivity index (χ3v) is 7.79. The number of likely N-dealkylation sites (tertiary alicyclic amines) is 1. The van der Waals surface area contributed by atoms with Crippen LogP contribution in [0.15, 0.2) is 16.9 Å². The number of rotatable bonds is 4. The van der Waals surface area contributed by atoms with Gasteiger partial charge in [0, 0.05) is 49.9 Å². The average Bonchev–Trinajstić information content (AvgIpc) is 2.69. The summed E-state index contributed by atoms with van der Waals surface area (Å²) in [6.07, 6.45) is 3.92. The van der Waals surface area contributed by atoms with Gasteiger partial charge in [0.2, 0.25) is 10.0 Å². The zero-order valence-electron chi connectivity index (χ0n) is 17.0. The highest BCUT2D eigenvalue weighted by Gasteiger charge is 2.38. The molecule has 0 aromatic carbocycles.